The highest BCUT2D eigenvalue weighted by molar-refractivity contribution is 7.18. The first-order chi connectivity index (χ1) is 13.4. The molecule has 1 aliphatic heterocycles. The lowest BCUT2D eigenvalue weighted by atomic mass is 10.1. The Morgan fingerprint density at radius 3 is 2.29 bits per heavy atom. The van der Waals surface area contributed by atoms with Gasteiger partial charge in [-0.25, -0.2) is 4.39 Å². The van der Waals surface area contributed by atoms with Gasteiger partial charge >= 0.3 is 0 Å². The molecule has 28 heavy (non-hydrogen) atoms. The number of carbonyl (C=O) groups excluding carboxylic acids is 1. The third-order valence-electron chi connectivity index (χ3n) is 4.56. The highest BCUT2D eigenvalue weighted by Crippen LogP contribution is 2.34. The van der Waals surface area contributed by atoms with Gasteiger partial charge < -0.3 is 10.0 Å². The molecule has 2 heterocycles. The maximum Gasteiger partial charge on any atom is 0.258 e. The fourth-order valence-corrected chi connectivity index (χ4v) is 3.77. The first-order valence-corrected chi connectivity index (χ1v) is 9.57. The zero-order valence-electron chi connectivity index (χ0n) is 15.5. The van der Waals surface area contributed by atoms with Crippen LogP contribution in [0.2, 0.25) is 0 Å². The van der Waals surface area contributed by atoms with Crippen molar-refractivity contribution in [1.82, 2.24) is 15.1 Å². The Kier molecular flexibility index (Phi) is 6.22. The molecule has 0 aliphatic carbocycles. The maximum absolute atomic E-state index is 13.0. The number of aromatic nitrogens is 2. The number of H-pyrrole nitrogens is 1. The molecule has 1 amide bonds. The number of carbonyl (C=O) groups is 1. The Morgan fingerprint density at radius 2 is 1.79 bits per heavy atom. The average molecular weight is 399 g/mol. The van der Waals surface area contributed by atoms with Crippen molar-refractivity contribution in [3.05, 3.63) is 78.2 Å². The van der Waals surface area contributed by atoms with E-state index in [1.165, 1.54) is 18.3 Å². The van der Waals surface area contributed by atoms with Gasteiger partial charge in [0.25, 0.3) is 5.91 Å². The molecule has 0 saturated carbocycles. The summed E-state index contributed by atoms with van der Waals surface area (Å²) in [6.45, 7) is 2.16. The summed E-state index contributed by atoms with van der Waals surface area (Å²) in [6.07, 6.45) is 1.97. The molecule has 1 aliphatic rings. The summed E-state index contributed by atoms with van der Waals surface area (Å²) in [7, 11) is 2.39. The number of aliphatic hydroxyl groups is 1. The van der Waals surface area contributed by atoms with Crippen LogP contribution in [-0.2, 0) is 0 Å². The minimum Gasteiger partial charge on any atom is -0.384 e. The molecular weight excluding hydrogens is 376 g/mol. The largest absolute Gasteiger partial charge is 0.384 e. The van der Waals surface area contributed by atoms with Gasteiger partial charge in [-0.05, 0) is 31.2 Å². The van der Waals surface area contributed by atoms with Gasteiger partial charge in [0.05, 0.1) is 29.3 Å². The number of hydrogen-bond acceptors (Lipinski definition) is 3. The molecule has 3 unspecified atom stereocenters. The van der Waals surface area contributed by atoms with E-state index in [-0.39, 0.29) is 24.3 Å². The third kappa shape index (κ3) is 4.83. The second-order valence-corrected chi connectivity index (χ2v) is 7.98. The lowest BCUT2D eigenvalue weighted by molar-refractivity contribution is 0.0712. The Labute approximate surface area is 165 Å². The quantitative estimate of drug-likeness (QED) is 0.646. The van der Waals surface area contributed by atoms with E-state index in [0.717, 1.165) is 0 Å². The van der Waals surface area contributed by atoms with E-state index >= 15 is 0 Å². The smallest absolute Gasteiger partial charge is 0.258 e. The Hall–Kier alpha value is -2.56. The average Bonchev–Trinajstić information content (AvgIpc) is 3.27. The van der Waals surface area contributed by atoms with Crippen LogP contribution in [0.4, 0.5) is 4.39 Å². The summed E-state index contributed by atoms with van der Waals surface area (Å²) in [4.78, 5) is 14.4. The van der Waals surface area contributed by atoms with Gasteiger partial charge in [-0.1, -0.05) is 36.4 Å². The van der Waals surface area contributed by atoms with Crippen LogP contribution >= 0.6 is 9.24 Å². The minimum atomic E-state index is -0.950. The SMILES string of the molecule is CC1CC(O)(P)CN1C(=O)c1cn[nH]c1-c1ccc(F)cc1.c1ccccc1. The predicted molar refractivity (Wildman–Crippen MR) is 110 cm³/mol. The Morgan fingerprint density at radius 1 is 1.21 bits per heavy atom. The fraction of sp³-hybridized carbons (Fsp3) is 0.238. The highest BCUT2D eigenvalue weighted by Gasteiger charge is 2.40. The van der Waals surface area contributed by atoms with E-state index in [1.807, 2.05) is 43.3 Å². The van der Waals surface area contributed by atoms with Gasteiger partial charge in [0, 0.05) is 18.0 Å². The minimum absolute atomic E-state index is 0.0639. The van der Waals surface area contributed by atoms with Crippen LogP contribution in [0, 0.1) is 5.82 Å². The van der Waals surface area contributed by atoms with E-state index in [2.05, 4.69) is 19.4 Å². The first kappa shape index (κ1) is 20.2. The normalized spacial score (nSPS) is 21.1. The van der Waals surface area contributed by atoms with Gasteiger partial charge in [-0.15, -0.1) is 9.24 Å². The second-order valence-electron chi connectivity index (χ2n) is 6.91. The summed E-state index contributed by atoms with van der Waals surface area (Å²) >= 11 is 0. The summed E-state index contributed by atoms with van der Waals surface area (Å²) in [5.74, 6) is -0.531. The van der Waals surface area contributed by atoms with E-state index < -0.39 is 5.34 Å². The zero-order valence-corrected chi connectivity index (χ0v) is 16.7. The molecule has 1 aromatic heterocycles. The van der Waals surface area contributed by atoms with Gasteiger partial charge in [-0.2, -0.15) is 5.10 Å². The molecule has 0 spiro atoms. The van der Waals surface area contributed by atoms with Crippen molar-refractivity contribution < 1.29 is 14.3 Å². The molecular formula is C21H23FN3O2P. The monoisotopic (exact) mass is 399 g/mol. The van der Waals surface area contributed by atoms with Crippen LogP contribution < -0.4 is 0 Å². The molecule has 4 rings (SSSR count). The molecule has 2 aromatic carbocycles. The van der Waals surface area contributed by atoms with E-state index in [0.29, 0.717) is 23.2 Å². The van der Waals surface area contributed by atoms with Crippen molar-refractivity contribution in [2.24, 2.45) is 0 Å². The molecule has 0 bridgehead atoms. The number of nitrogens with zero attached hydrogens (tertiary/aromatic N) is 2. The van der Waals surface area contributed by atoms with E-state index in [4.69, 9.17) is 0 Å². The van der Waals surface area contributed by atoms with Gasteiger partial charge in [0.15, 0.2) is 0 Å². The summed E-state index contributed by atoms with van der Waals surface area (Å²) < 4.78 is 13.0. The molecule has 3 aromatic rings. The first-order valence-electron chi connectivity index (χ1n) is 8.99. The van der Waals surface area contributed by atoms with Crippen molar-refractivity contribution in [2.75, 3.05) is 6.54 Å². The summed E-state index contributed by atoms with van der Waals surface area (Å²) in [6, 6.07) is 17.8. The Bertz CT molecular complexity index is 886. The maximum atomic E-state index is 13.0. The number of hydrogen-bond donors (Lipinski definition) is 2. The number of aromatic amines is 1. The lowest BCUT2D eigenvalue weighted by Gasteiger charge is -2.21. The molecule has 1 fully saturated rings. The number of amides is 1. The molecule has 1 saturated heterocycles. The van der Waals surface area contributed by atoms with Crippen LogP contribution in [0.25, 0.3) is 11.3 Å². The van der Waals surface area contributed by atoms with E-state index in [1.54, 1.807) is 17.0 Å². The Balaban J connectivity index is 0.000000320. The molecule has 0 radical (unpaired) electrons. The van der Waals surface area contributed by atoms with Gasteiger partial charge in [-0.3, -0.25) is 9.89 Å². The molecule has 146 valence electrons. The van der Waals surface area contributed by atoms with Crippen LogP contribution in [0.5, 0.6) is 0 Å². The van der Waals surface area contributed by atoms with Crippen LogP contribution in [0.15, 0.2) is 66.9 Å². The van der Waals surface area contributed by atoms with Crippen LogP contribution in [0.1, 0.15) is 23.7 Å². The number of likely N-dealkylation sites (tertiary alicyclic amines) is 1. The van der Waals surface area contributed by atoms with Crippen LogP contribution in [0.3, 0.4) is 0 Å². The van der Waals surface area contributed by atoms with Crippen molar-refractivity contribution >= 4 is 15.1 Å². The number of β-amino-alcohol motifs (C(OH)–C–C–N with tert-alkyl or cyclic N) is 1. The summed E-state index contributed by atoms with van der Waals surface area (Å²) in [5, 5.41) is 15.9. The second kappa shape index (κ2) is 8.63. The van der Waals surface area contributed by atoms with Crippen molar-refractivity contribution in [3.8, 4) is 11.3 Å². The predicted octanol–water partition coefficient (Wildman–Crippen LogP) is 3.70. The fourth-order valence-electron chi connectivity index (χ4n) is 3.23. The standard InChI is InChI=1S/C15H17FN3O2P.C6H6/c1-9-6-15(21,22)8-19(9)14(20)12-7-17-18-13(12)10-2-4-11(16)5-3-10;1-2-4-6-5-3-1/h2-5,7,9,21H,6,8,22H2,1H3,(H,17,18);1-6H. The molecule has 7 heteroatoms. The van der Waals surface area contributed by atoms with Crippen molar-refractivity contribution in [3.63, 3.8) is 0 Å². The third-order valence-corrected chi connectivity index (χ3v) is 4.97. The number of halogens is 1. The van der Waals surface area contributed by atoms with Crippen LogP contribution in [-0.4, -0.2) is 44.0 Å². The number of rotatable bonds is 2. The number of benzene rings is 2. The molecule has 3 atom stereocenters. The highest BCUT2D eigenvalue weighted by atomic mass is 31.0. The van der Waals surface area contributed by atoms with Gasteiger partial charge in [0.2, 0.25) is 0 Å². The van der Waals surface area contributed by atoms with Crippen molar-refractivity contribution in [1.29, 1.82) is 0 Å². The van der Waals surface area contributed by atoms with Gasteiger partial charge in [0.1, 0.15) is 5.82 Å². The summed E-state index contributed by atoms with van der Waals surface area (Å²) in [5.41, 5.74) is 1.66. The zero-order chi connectivity index (χ0) is 20.1. The molecule has 5 nitrogen and oxygen atoms in total. The number of nitrogens with one attached hydrogen (secondary N) is 1. The molecule has 2 N–H and O–H groups in total. The van der Waals surface area contributed by atoms with E-state index in [9.17, 15) is 14.3 Å². The van der Waals surface area contributed by atoms with Crippen molar-refractivity contribution in [2.45, 2.75) is 24.7 Å². The lowest BCUT2D eigenvalue weighted by Crippen LogP contribution is -2.35. The topological polar surface area (TPSA) is 69.2 Å².